The number of fused-ring (bicyclic) bond motifs is 1. The molecule has 3 rings (SSSR count). The second-order valence-corrected chi connectivity index (χ2v) is 5.28. The summed E-state index contributed by atoms with van der Waals surface area (Å²) in [6, 6.07) is 11.9. The molecule has 0 spiro atoms. The van der Waals surface area contributed by atoms with Crippen LogP contribution in [0.15, 0.2) is 48.8 Å². The van der Waals surface area contributed by atoms with Crippen molar-refractivity contribution in [3.8, 4) is 0 Å². The molecule has 0 saturated heterocycles. The monoisotopic (exact) mass is 306 g/mol. The van der Waals surface area contributed by atoms with Crippen LogP contribution in [0.2, 0.25) is 0 Å². The van der Waals surface area contributed by atoms with Gasteiger partial charge in [0.25, 0.3) is 0 Å². The normalized spacial score (nSPS) is 11.2. The fraction of sp³-hybridized carbons (Fsp3) is 0.158. The summed E-state index contributed by atoms with van der Waals surface area (Å²) in [6.07, 6.45) is 7.70. The minimum Gasteiger partial charge on any atom is -0.461 e. The summed E-state index contributed by atoms with van der Waals surface area (Å²) in [7, 11) is 1.83. The Kier molecular flexibility index (Phi) is 4.24. The summed E-state index contributed by atoms with van der Waals surface area (Å²) in [6.45, 7) is 2.17. The Morgan fingerprint density at radius 1 is 1.22 bits per heavy atom. The van der Waals surface area contributed by atoms with Crippen LogP contribution in [-0.4, -0.2) is 22.1 Å². The number of rotatable bonds is 4. The van der Waals surface area contributed by atoms with E-state index in [1.165, 1.54) is 0 Å². The number of nitrogens with zero attached hydrogens (tertiary/aromatic N) is 2. The van der Waals surface area contributed by atoms with Gasteiger partial charge in [-0.25, -0.2) is 4.79 Å². The van der Waals surface area contributed by atoms with Gasteiger partial charge in [-0.2, -0.15) is 0 Å². The number of aromatic nitrogens is 2. The lowest BCUT2D eigenvalue weighted by Crippen LogP contribution is -2.08. The number of pyridine rings is 1. The SMILES string of the molecule is CCOC(=O)c1cc(C=Cc2cnc3ccccc3c2)cn1C. The summed E-state index contributed by atoms with van der Waals surface area (Å²) in [5.41, 5.74) is 3.49. The molecule has 0 atom stereocenters. The van der Waals surface area contributed by atoms with Gasteiger partial charge in [0, 0.05) is 24.8 Å². The Morgan fingerprint density at radius 3 is 2.83 bits per heavy atom. The zero-order valence-electron chi connectivity index (χ0n) is 13.2. The van der Waals surface area contributed by atoms with Gasteiger partial charge in [-0.05, 0) is 36.2 Å². The van der Waals surface area contributed by atoms with Crippen LogP contribution in [0.1, 0.15) is 28.5 Å². The lowest BCUT2D eigenvalue weighted by atomic mass is 10.1. The molecule has 0 N–H and O–H groups in total. The van der Waals surface area contributed by atoms with E-state index in [9.17, 15) is 4.79 Å². The molecule has 0 bridgehead atoms. The predicted octanol–water partition coefficient (Wildman–Crippen LogP) is 3.92. The van der Waals surface area contributed by atoms with Crippen molar-refractivity contribution in [2.45, 2.75) is 6.92 Å². The maximum absolute atomic E-state index is 11.8. The van der Waals surface area contributed by atoms with Gasteiger partial charge < -0.3 is 9.30 Å². The van der Waals surface area contributed by atoms with Gasteiger partial charge >= 0.3 is 5.97 Å². The zero-order chi connectivity index (χ0) is 16.2. The van der Waals surface area contributed by atoms with E-state index in [2.05, 4.69) is 11.1 Å². The van der Waals surface area contributed by atoms with Crippen molar-refractivity contribution in [1.82, 2.24) is 9.55 Å². The molecular formula is C19H18N2O2. The number of esters is 1. The largest absolute Gasteiger partial charge is 0.461 e. The van der Waals surface area contributed by atoms with E-state index in [0.717, 1.165) is 22.0 Å². The first-order valence-electron chi connectivity index (χ1n) is 7.53. The first-order chi connectivity index (χ1) is 11.2. The van der Waals surface area contributed by atoms with Gasteiger partial charge in [-0.15, -0.1) is 0 Å². The summed E-state index contributed by atoms with van der Waals surface area (Å²) >= 11 is 0. The van der Waals surface area contributed by atoms with Gasteiger partial charge in [-0.3, -0.25) is 4.98 Å². The number of hydrogen-bond acceptors (Lipinski definition) is 3. The van der Waals surface area contributed by atoms with Crippen LogP contribution in [0.3, 0.4) is 0 Å². The molecule has 3 aromatic rings. The number of para-hydroxylation sites is 1. The Morgan fingerprint density at radius 2 is 2.00 bits per heavy atom. The Hall–Kier alpha value is -2.88. The quantitative estimate of drug-likeness (QED) is 0.686. The molecule has 0 amide bonds. The third-order valence-electron chi connectivity index (χ3n) is 3.59. The minimum absolute atomic E-state index is 0.304. The minimum atomic E-state index is -0.304. The fourth-order valence-corrected chi connectivity index (χ4v) is 2.46. The van der Waals surface area contributed by atoms with Crippen molar-refractivity contribution in [3.05, 3.63) is 65.6 Å². The summed E-state index contributed by atoms with van der Waals surface area (Å²) in [5, 5.41) is 1.11. The van der Waals surface area contributed by atoms with E-state index < -0.39 is 0 Å². The first kappa shape index (κ1) is 15.0. The van der Waals surface area contributed by atoms with E-state index in [1.54, 1.807) is 11.5 Å². The molecule has 1 aromatic carbocycles. The molecule has 0 radical (unpaired) electrons. The second kappa shape index (κ2) is 6.48. The highest BCUT2D eigenvalue weighted by molar-refractivity contribution is 5.89. The molecule has 0 unspecified atom stereocenters. The number of carbonyl (C=O) groups excluding carboxylic acids is 1. The van der Waals surface area contributed by atoms with Crippen LogP contribution in [0.4, 0.5) is 0 Å². The standard InChI is InChI=1S/C19H18N2O2/c1-3-23-19(22)18-11-15(13-21(18)2)9-8-14-10-16-6-4-5-7-17(16)20-12-14/h4-13H,3H2,1-2H3. The number of benzene rings is 1. The number of aryl methyl sites for hydroxylation is 1. The Bertz CT molecular complexity index is 878. The van der Waals surface area contributed by atoms with E-state index in [-0.39, 0.29) is 5.97 Å². The van der Waals surface area contributed by atoms with Crippen molar-refractivity contribution in [2.75, 3.05) is 6.61 Å². The lowest BCUT2D eigenvalue weighted by Gasteiger charge is -2.01. The number of carbonyl (C=O) groups is 1. The van der Waals surface area contributed by atoms with Crippen LogP contribution in [0.5, 0.6) is 0 Å². The van der Waals surface area contributed by atoms with E-state index in [4.69, 9.17) is 4.74 Å². The van der Waals surface area contributed by atoms with Crippen LogP contribution in [0, 0.1) is 0 Å². The molecule has 116 valence electrons. The van der Waals surface area contributed by atoms with Gasteiger partial charge in [0.05, 0.1) is 12.1 Å². The number of hydrogen-bond donors (Lipinski definition) is 0. The molecule has 0 aliphatic heterocycles. The van der Waals surface area contributed by atoms with Crippen LogP contribution in [0.25, 0.3) is 23.1 Å². The highest BCUT2D eigenvalue weighted by Gasteiger charge is 2.11. The van der Waals surface area contributed by atoms with Crippen LogP contribution in [-0.2, 0) is 11.8 Å². The molecule has 2 heterocycles. The maximum atomic E-state index is 11.8. The van der Waals surface area contributed by atoms with Crippen LogP contribution >= 0.6 is 0 Å². The van der Waals surface area contributed by atoms with Gasteiger partial charge in [-0.1, -0.05) is 30.4 Å². The molecule has 4 heteroatoms. The summed E-state index contributed by atoms with van der Waals surface area (Å²) < 4.78 is 6.81. The molecule has 23 heavy (non-hydrogen) atoms. The predicted molar refractivity (Wildman–Crippen MR) is 92.0 cm³/mol. The smallest absolute Gasteiger partial charge is 0.354 e. The summed E-state index contributed by atoms with van der Waals surface area (Å²) in [4.78, 5) is 16.3. The van der Waals surface area contributed by atoms with E-state index in [0.29, 0.717) is 12.3 Å². The Balaban J connectivity index is 1.84. The van der Waals surface area contributed by atoms with E-state index >= 15 is 0 Å². The van der Waals surface area contributed by atoms with Crippen molar-refractivity contribution in [3.63, 3.8) is 0 Å². The summed E-state index contributed by atoms with van der Waals surface area (Å²) in [5.74, 6) is -0.304. The van der Waals surface area contributed by atoms with Crippen molar-refractivity contribution in [1.29, 1.82) is 0 Å². The van der Waals surface area contributed by atoms with Gasteiger partial charge in [0.2, 0.25) is 0 Å². The lowest BCUT2D eigenvalue weighted by molar-refractivity contribution is 0.0515. The highest BCUT2D eigenvalue weighted by Crippen LogP contribution is 2.16. The van der Waals surface area contributed by atoms with Crippen molar-refractivity contribution < 1.29 is 9.53 Å². The van der Waals surface area contributed by atoms with Gasteiger partial charge in [0.15, 0.2) is 0 Å². The molecular weight excluding hydrogens is 288 g/mol. The number of ether oxygens (including phenoxy) is 1. The zero-order valence-corrected chi connectivity index (χ0v) is 13.2. The molecule has 4 nitrogen and oxygen atoms in total. The topological polar surface area (TPSA) is 44.1 Å². The molecule has 2 aromatic heterocycles. The average Bonchev–Trinajstić information content (AvgIpc) is 2.94. The van der Waals surface area contributed by atoms with Gasteiger partial charge in [0.1, 0.15) is 5.69 Å². The highest BCUT2D eigenvalue weighted by atomic mass is 16.5. The van der Waals surface area contributed by atoms with Crippen molar-refractivity contribution in [2.24, 2.45) is 7.05 Å². The molecule has 0 aliphatic rings. The third-order valence-corrected chi connectivity index (χ3v) is 3.59. The van der Waals surface area contributed by atoms with E-state index in [1.807, 2.05) is 61.9 Å². The third kappa shape index (κ3) is 3.31. The Labute approximate surface area is 135 Å². The molecule has 0 saturated carbocycles. The maximum Gasteiger partial charge on any atom is 0.354 e. The molecule has 0 aliphatic carbocycles. The first-order valence-corrected chi connectivity index (χ1v) is 7.53. The van der Waals surface area contributed by atoms with Crippen LogP contribution < -0.4 is 0 Å². The fourth-order valence-electron chi connectivity index (χ4n) is 2.46. The second-order valence-electron chi connectivity index (χ2n) is 5.28. The van der Waals surface area contributed by atoms with Crippen molar-refractivity contribution >= 4 is 29.0 Å². The molecule has 0 fully saturated rings. The average molecular weight is 306 g/mol.